The fourth-order valence-corrected chi connectivity index (χ4v) is 2.61. The van der Waals surface area contributed by atoms with Crippen LogP contribution in [-0.4, -0.2) is 41.3 Å². The van der Waals surface area contributed by atoms with Gasteiger partial charge in [-0.3, -0.25) is 0 Å². The number of nitrogens with one attached hydrogen (secondary N) is 1. The Morgan fingerprint density at radius 3 is 2.68 bits per heavy atom. The number of carbonyl (C=O) groups excluding carboxylic acids is 1. The Labute approximate surface area is 113 Å². The van der Waals surface area contributed by atoms with Gasteiger partial charge in [-0.25, -0.2) is 4.79 Å². The Morgan fingerprint density at radius 1 is 1.32 bits per heavy atom. The van der Waals surface area contributed by atoms with Gasteiger partial charge in [-0.05, 0) is 24.8 Å². The summed E-state index contributed by atoms with van der Waals surface area (Å²) in [5.41, 5.74) is 1.30. The predicted molar refractivity (Wildman–Crippen MR) is 72.9 cm³/mol. The molecule has 2 aliphatic rings. The number of carbonyl (C=O) groups is 1. The molecule has 19 heavy (non-hydrogen) atoms. The first-order valence-electron chi connectivity index (χ1n) is 7.02. The van der Waals surface area contributed by atoms with Crippen molar-refractivity contribution in [2.75, 3.05) is 13.2 Å². The van der Waals surface area contributed by atoms with Crippen LogP contribution < -0.4 is 5.32 Å². The minimum Gasteiger partial charge on any atom is -0.395 e. The normalized spacial score (nSPS) is 24.9. The summed E-state index contributed by atoms with van der Waals surface area (Å²) in [7, 11) is 0. The van der Waals surface area contributed by atoms with E-state index < -0.39 is 0 Å². The number of hydrogen-bond donors (Lipinski definition) is 2. The Hall–Kier alpha value is -1.55. The maximum Gasteiger partial charge on any atom is 0.317 e. The molecule has 2 atom stereocenters. The van der Waals surface area contributed by atoms with Crippen LogP contribution in [0.25, 0.3) is 0 Å². The average Bonchev–Trinajstić information content (AvgIpc) is 3.31. The molecule has 2 fully saturated rings. The number of rotatable bonds is 5. The van der Waals surface area contributed by atoms with E-state index in [1.165, 1.54) is 5.56 Å². The summed E-state index contributed by atoms with van der Waals surface area (Å²) in [5.74, 6) is 0.459. The summed E-state index contributed by atoms with van der Waals surface area (Å²) in [4.78, 5) is 13.9. The van der Waals surface area contributed by atoms with Crippen LogP contribution in [0.15, 0.2) is 30.3 Å². The average molecular weight is 260 g/mol. The van der Waals surface area contributed by atoms with Crippen molar-refractivity contribution in [2.24, 2.45) is 0 Å². The van der Waals surface area contributed by atoms with Crippen LogP contribution in [0.4, 0.5) is 4.79 Å². The molecule has 0 spiro atoms. The number of aliphatic hydroxyl groups excluding tert-OH is 1. The van der Waals surface area contributed by atoms with E-state index in [-0.39, 0.29) is 18.7 Å². The second-order valence-corrected chi connectivity index (χ2v) is 5.46. The van der Waals surface area contributed by atoms with E-state index >= 15 is 0 Å². The van der Waals surface area contributed by atoms with E-state index in [2.05, 4.69) is 17.4 Å². The summed E-state index contributed by atoms with van der Waals surface area (Å²) in [5, 5.41) is 12.1. The maximum atomic E-state index is 12.1. The number of urea groups is 1. The number of amides is 2. The summed E-state index contributed by atoms with van der Waals surface area (Å²) in [6, 6.07) is 10.9. The van der Waals surface area contributed by atoms with Crippen LogP contribution in [0.5, 0.6) is 0 Å². The summed E-state index contributed by atoms with van der Waals surface area (Å²) >= 11 is 0. The van der Waals surface area contributed by atoms with Gasteiger partial charge in [-0.2, -0.15) is 0 Å². The topological polar surface area (TPSA) is 52.6 Å². The molecular formula is C15H20N2O2. The third kappa shape index (κ3) is 2.89. The second-order valence-electron chi connectivity index (χ2n) is 5.46. The van der Waals surface area contributed by atoms with E-state index in [9.17, 15) is 4.79 Å². The van der Waals surface area contributed by atoms with Crippen LogP contribution in [0, 0.1) is 0 Å². The standard InChI is InChI=1S/C15H20N2O2/c18-9-8-17(12-6-7-12)15(19)16-14-10-13(14)11-4-2-1-3-5-11/h1-5,12-14,18H,6-10H2,(H,16,19)/t13-,14-/m0/s1. The zero-order valence-electron chi connectivity index (χ0n) is 11.0. The van der Waals surface area contributed by atoms with E-state index in [0.717, 1.165) is 19.3 Å². The zero-order valence-corrected chi connectivity index (χ0v) is 11.0. The fraction of sp³-hybridized carbons (Fsp3) is 0.533. The first-order chi connectivity index (χ1) is 9.29. The first kappa shape index (κ1) is 12.5. The molecule has 0 heterocycles. The highest BCUT2D eigenvalue weighted by Crippen LogP contribution is 2.41. The Kier molecular flexibility index (Phi) is 3.42. The molecule has 2 saturated carbocycles. The lowest BCUT2D eigenvalue weighted by Crippen LogP contribution is -2.44. The molecular weight excluding hydrogens is 240 g/mol. The summed E-state index contributed by atoms with van der Waals surface area (Å²) in [6.07, 6.45) is 3.16. The molecule has 4 nitrogen and oxygen atoms in total. The lowest BCUT2D eigenvalue weighted by molar-refractivity contribution is 0.173. The number of aliphatic hydroxyl groups is 1. The van der Waals surface area contributed by atoms with Crippen molar-refractivity contribution in [1.82, 2.24) is 10.2 Å². The molecule has 0 aromatic heterocycles. The quantitative estimate of drug-likeness (QED) is 0.846. The van der Waals surface area contributed by atoms with E-state index in [1.807, 2.05) is 18.2 Å². The molecule has 4 heteroatoms. The lowest BCUT2D eigenvalue weighted by Gasteiger charge is -2.21. The minimum absolute atomic E-state index is 0.0139. The molecule has 2 aliphatic carbocycles. The van der Waals surface area contributed by atoms with Crippen molar-refractivity contribution in [3.63, 3.8) is 0 Å². The third-order valence-electron chi connectivity index (χ3n) is 3.92. The zero-order chi connectivity index (χ0) is 13.2. The highest BCUT2D eigenvalue weighted by atomic mass is 16.3. The van der Waals surface area contributed by atoms with Gasteiger partial charge in [0.1, 0.15) is 0 Å². The molecule has 102 valence electrons. The molecule has 1 aromatic rings. The largest absolute Gasteiger partial charge is 0.395 e. The van der Waals surface area contributed by atoms with Crippen LogP contribution in [-0.2, 0) is 0 Å². The molecule has 2 amide bonds. The van der Waals surface area contributed by atoms with Crippen molar-refractivity contribution < 1.29 is 9.90 Å². The summed E-state index contributed by atoms with van der Waals surface area (Å²) in [6.45, 7) is 0.482. The Bertz CT molecular complexity index is 445. The van der Waals surface area contributed by atoms with Crippen LogP contribution in [0.3, 0.4) is 0 Å². The smallest absolute Gasteiger partial charge is 0.317 e. The van der Waals surface area contributed by atoms with Crippen LogP contribution in [0.1, 0.15) is 30.7 Å². The summed E-state index contributed by atoms with van der Waals surface area (Å²) < 4.78 is 0. The van der Waals surface area contributed by atoms with Gasteiger partial charge in [-0.15, -0.1) is 0 Å². The fourth-order valence-electron chi connectivity index (χ4n) is 2.61. The highest BCUT2D eigenvalue weighted by Gasteiger charge is 2.41. The number of benzene rings is 1. The molecule has 0 unspecified atom stereocenters. The van der Waals surface area contributed by atoms with Crippen molar-refractivity contribution in [2.45, 2.75) is 37.3 Å². The van der Waals surface area contributed by atoms with Crippen molar-refractivity contribution in [1.29, 1.82) is 0 Å². The van der Waals surface area contributed by atoms with Gasteiger partial charge in [-0.1, -0.05) is 30.3 Å². The van der Waals surface area contributed by atoms with Crippen LogP contribution in [0.2, 0.25) is 0 Å². The number of hydrogen-bond acceptors (Lipinski definition) is 2. The van der Waals surface area contributed by atoms with Crippen LogP contribution >= 0.6 is 0 Å². The van der Waals surface area contributed by atoms with Gasteiger partial charge in [0.25, 0.3) is 0 Å². The maximum absolute atomic E-state index is 12.1. The van der Waals surface area contributed by atoms with Crippen molar-refractivity contribution >= 4 is 6.03 Å². The SMILES string of the molecule is O=C(N[C@H]1C[C@H]1c1ccccc1)N(CCO)C1CC1. The van der Waals surface area contributed by atoms with E-state index in [4.69, 9.17) is 5.11 Å². The second kappa shape index (κ2) is 5.21. The molecule has 0 aliphatic heterocycles. The van der Waals surface area contributed by atoms with E-state index in [0.29, 0.717) is 18.5 Å². The third-order valence-corrected chi connectivity index (χ3v) is 3.92. The van der Waals surface area contributed by atoms with Gasteiger partial charge in [0.15, 0.2) is 0 Å². The molecule has 2 N–H and O–H groups in total. The minimum atomic E-state index is -0.0139. The van der Waals surface area contributed by atoms with Crippen molar-refractivity contribution in [3.8, 4) is 0 Å². The van der Waals surface area contributed by atoms with Gasteiger partial charge in [0.2, 0.25) is 0 Å². The lowest BCUT2D eigenvalue weighted by atomic mass is 10.1. The Morgan fingerprint density at radius 2 is 2.05 bits per heavy atom. The molecule has 0 bridgehead atoms. The predicted octanol–water partition coefficient (Wildman–Crippen LogP) is 1.71. The Balaban J connectivity index is 1.54. The molecule has 0 radical (unpaired) electrons. The molecule has 1 aromatic carbocycles. The molecule has 3 rings (SSSR count). The van der Waals surface area contributed by atoms with Gasteiger partial charge < -0.3 is 15.3 Å². The monoisotopic (exact) mass is 260 g/mol. The number of nitrogens with zero attached hydrogens (tertiary/aromatic N) is 1. The first-order valence-corrected chi connectivity index (χ1v) is 7.02. The molecule has 0 saturated heterocycles. The van der Waals surface area contributed by atoms with Crippen molar-refractivity contribution in [3.05, 3.63) is 35.9 Å². The van der Waals surface area contributed by atoms with Gasteiger partial charge >= 0.3 is 6.03 Å². The van der Waals surface area contributed by atoms with Gasteiger partial charge in [0, 0.05) is 24.5 Å². The van der Waals surface area contributed by atoms with E-state index in [1.54, 1.807) is 4.90 Å². The highest BCUT2D eigenvalue weighted by molar-refractivity contribution is 5.76. The van der Waals surface area contributed by atoms with Gasteiger partial charge in [0.05, 0.1) is 6.61 Å².